The highest BCUT2D eigenvalue weighted by Crippen LogP contribution is 2.18. The highest BCUT2D eigenvalue weighted by molar-refractivity contribution is 7.92. The molecule has 0 aliphatic heterocycles. The molecule has 0 unspecified atom stereocenters. The summed E-state index contributed by atoms with van der Waals surface area (Å²) in [5.74, 6) is 4.50. The van der Waals surface area contributed by atoms with E-state index in [0.29, 0.717) is 0 Å². The van der Waals surface area contributed by atoms with Crippen LogP contribution < -0.4 is 10.5 Å². The molecular formula is C15H13FN2O2S. The molecule has 3 N–H and O–H groups in total. The lowest BCUT2D eigenvalue weighted by Crippen LogP contribution is -2.13. The van der Waals surface area contributed by atoms with Gasteiger partial charge in [-0.25, -0.2) is 12.8 Å². The lowest BCUT2D eigenvalue weighted by atomic mass is 10.2. The Morgan fingerprint density at radius 2 is 1.86 bits per heavy atom. The van der Waals surface area contributed by atoms with E-state index in [4.69, 9.17) is 5.73 Å². The molecule has 0 amide bonds. The quantitative estimate of drug-likeness (QED) is 0.851. The molecule has 6 heteroatoms. The van der Waals surface area contributed by atoms with Gasteiger partial charge in [0.15, 0.2) is 0 Å². The molecule has 0 saturated carbocycles. The number of nitrogens with two attached hydrogens (primary N) is 1. The largest absolute Gasteiger partial charge is 0.320 e. The lowest BCUT2D eigenvalue weighted by Gasteiger charge is -2.08. The smallest absolute Gasteiger partial charge is 0.261 e. The van der Waals surface area contributed by atoms with E-state index in [-0.39, 0.29) is 22.7 Å². The van der Waals surface area contributed by atoms with Crippen molar-refractivity contribution < 1.29 is 12.8 Å². The molecule has 4 nitrogen and oxygen atoms in total. The molecule has 0 aliphatic rings. The van der Waals surface area contributed by atoms with Crippen molar-refractivity contribution in [1.29, 1.82) is 0 Å². The van der Waals surface area contributed by atoms with E-state index >= 15 is 0 Å². The van der Waals surface area contributed by atoms with Crippen LogP contribution in [0.4, 0.5) is 10.1 Å². The highest BCUT2D eigenvalue weighted by atomic mass is 32.2. The van der Waals surface area contributed by atoms with Crippen LogP contribution in [0.25, 0.3) is 0 Å². The first-order valence-electron chi connectivity index (χ1n) is 6.09. The molecule has 2 rings (SSSR count). The van der Waals surface area contributed by atoms with E-state index in [2.05, 4.69) is 16.6 Å². The number of halogens is 1. The zero-order chi connectivity index (χ0) is 15.3. The third-order valence-electron chi connectivity index (χ3n) is 2.60. The lowest BCUT2D eigenvalue weighted by molar-refractivity contribution is 0.601. The van der Waals surface area contributed by atoms with Gasteiger partial charge in [0.05, 0.1) is 22.7 Å². The molecule has 0 spiro atoms. The standard InChI is InChI=1S/C15H13FN2O2S/c16-15-11-13(9-8-12(15)5-4-10-17)18-21(19,20)14-6-2-1-3-7-14/h1-3,6-9,11,18H,10,17H2. The van der Waals surface area contributed by atoms with E-state index in [9.17, 15) is 12.8 Å². The Balaban J connectivity index is 2.27. The zero-order valence-corrected chi connectivity index (χ0v) is 11.8. The van der Waals surface area contributed by atoms with Crippen LogP contribution in [0.1, 0.15) is 5.56 Å². The first-order chi connectivity index (χ1) is 10.0. The van der Waals surface area contributed by atoms with Gasteiger partial charge in [-0.05, 0) is 30.3 Å². The summed E-state index contributed by atoms with van der Waals surface area (Å²) in [6.07, 6.45) is 0. The maximum atomic E-state index is 13.8. The van der Waals surface area contributed by atoms with Crippen LogP contribution in [-0.4, -0.2) is 15.0 Å². The molecule has 0 heterocycles. The van der Waals surface area contributed by atoms with Gasteiger partial charge in [0.1, 0.15) is 5.82 Å². The number of sulfonamides is 1. The fourth-order valence-corrected chi connectivity index (χ4v) is 2.71. The maximum absolute atomic E-state index is 13.8. The Bertz CT molecular complexity index is 793. The monoisotopic (exact) mass is 304 g/mol. The van der Waals surface area contributed by atoms with Gasteiger partial charge in [-0.2, -0.15) is 0 Å². The van der Waals surface area contributed by atoms with Crippen LogP contribution in [0.5, 0.6) is 0 Å². The number of rotatable bonds is 3. The Morgan fingerprint density at radius 1 is 1.14 bits per heavy atom. The van der Waals surface area contributed by atoms with Crippen LogP contribution >= 0.6 is 0 Å². The van der Waals surface area contributed by atoms with Gasteiger partial charge >= 0.3 is 0 Å². The minimum atomic E-state index is -3.73. The number of hydrogen-bond donors (Lipinski definition) is 2. The van der Waals surface area contributed by atoms with Crippen molar-refractivity contribution in [2.24, 2.45) is 5.73 Å². The summed E-state index contributed by atoms with van der Waals surface area (Å²) >= 11 is 0. The van der Waals surface area contributed by atoms with Gasteiger partial charge in [-0.1, -0.05) is 30.0 Å². The fraction of sp³-hybridized carbons (Fsp3) is 0.0667. The second-order valence-electron chi connectivity index (χ2n) is 4.12. The average molecular weight is 304 g/mol. The van der Waals surface area contributed by atoms with E-state index in [1.807, 2.05) is 0 Å². The molecule has 2 aromatic carbocycles. The van der Waals surface area contributed by atoms with Crippen LogP contribution in [0.2, 0.25) is 0 Å². The molecule has 108 valence electrons. The number of nitrogens with one attached hydrogen (secondary N) is 1. The van der Waals surface area contributed by atoms with Gasteiger partial charge in [0, 0.05) is 0 Å². The Morgan fingerprint density at radius 3 is 2.48 bits per heavy atom. The summed E-state index contributed by atoms with van der Waals surface area (Å²) in [7, 11) is -3.73. The molecule has 0 aromatic heterocycles. The highest BCUT2D eigenvalue weighted by Gasteiger charge is 2.14. The van der Waals surface area contributed by atoms with Crippen molar-refractivity contribution in [1.82, 2.24) is 0 Å². The topological polar surface area (TPSA) is 72.2 Å². The van der Waals surface area contributed by atoms with Crippen molar-refractivity contribution in [3.8, 4) is 11.8 Å². The molecule has 0 atom stereocenters. The average Bonchev–Trinajstić information content (AvgIpc) is 2.47. The van der Waals surface area contributed by atoms with Crippen molar-refractivity contribution in [3.05, 3.63) is 59.9 Å². The van der Waals surface area contributed by atoms with Crippen molar-refractivity contribution in [2.45, 2.75) is 4.90 Å². The Kier molecular flexibility index (Phi) is 4.58. The third-order valence-corrected chi connectivity index (χ3v) is 4.00. The Labute approximate surface area is 122 Å². The Hall–Kier alpha value is -2.36. The van der Waals surface area contributed by atoms with Crippen molar-refractivity contribution in [2.75, 3.05) is 11.3 Å². The van der Waals surface area contributed by atoms with Gasteiger partial charge in [0.2, 0.25) is 0 Å². The third kappa shape index (κ3) is 3.81. The predicted molar refractivity (Wildman–Crippen MR) is 79.6 cm³/mol. The molecule has 0 radical (unpaired) electrons. The number of benzene rings is 2. The molecular weight excluding hydrogens is 291 g/mol. The van der Waals surface area contributed by atoms with E-state index in [1.165, 1.54) is 24.3 Å². The molecule has 21 heavy (non-hydrogen) atoms. The minimum Gasteiger partial charge on any atom is -0.320 e. The second-order valence-corrected chi connectivity index (χ2v) is 5.80. The summed E-state index contributed by atoms with van der Waals surface area (Å²) in [6, 6.07) is 11.8. The normalized spacial score (nSPS) is 10.6. The first-order valence-corrected chi connectivity index (χ1v) is 7.57. The SMILES string of the molecule is NCC#Cc1ccc(NS(=O)(=O)c2ccccc2)cc1F. The maximum Gasteiger partial charge on any atom is 0.261 e. The minimum absolute atomic E-state index is 0.109. The molecule has 0 fully saturated rings. The van der Waals surface area contributed by atoms with Gasteiger partial charge in [-0.3, -0.25) is 4.72 Å². The number of hydrogen-bond acceptors (Lipinski definition) is 3. The summed E-state index contributed by atoms with van der Waals surface area (Å²) in [5.41, 5.74) is 5.52. The summed E-state index contributed by atoms with van der Waals surface area (Å²) < 4.78 is 40.3. The predicted octanol–water partition coefficient (Wildman–Crippen LogP) is 1.94. The van der Waals surface area contributed by atoms with Crippen LogP contribution in [-0.2, 0) is 10.0 Å². The summed E-state index contributed by atoms with van der Waals surface area (Å²) in [4.78, 5) is 0.109. The molecule has 0 aliphatic carbocycles. The zero-order valence-electron chi connectivity index (χ0n) is 11.0. The molecule has 0 saturated heterocycles. The van der Waals surface area contributed by atoms with Gasteiger partial charge < -0.3 is 5.73 Å². The molecule has 0 bridgehead atoms. The van der Waals surface area contributed by atoms with Crippen molar-refractivity contribution >= 4 is 15.7 Å². The van der Waals surface area contributed by atoms with Crippen molar-refractivity contribution in [3.63, 3.8) is 0 Å². The van der Waals surface area contributed by atoms with E-state index < -0.39 is 15.8 Å². The van der Waals surface area contributed by atoms with E-state index in [1.54, 1.807) is 18.2 Å². The van der Waals surface area contributed by atoms with Gasteiger partial charge in [-0.15, -0.1) is 0 Å². The van der Waals surface area contributed by atoms with Crippen LogP contribution in [0.3, 0.4) is 0 Å². The second kappa shape index (κ2) is 6.39. The molecule has 2 aromatic rings. The summed E-state index contributed by atoms with van der Waals surface area (Å²) in [5, 5.41) is 0. The first kappa shape index (κ1) is 15.0. The number of anilines is 1. The van der Waals surface area contributed by atoms with Gasteiger partial charge in [0.25, 0.3) is 10.0 Å². The van der Waals surface area contributed by atoms with Crippen LogP contribution in [0.15, 0.2) is 53.4 Å². The van der Waals surface area contributed by atoms with Crippen LogP contribution in [0, 0.1) is 17.7 Å². The fourth-order valence-electron chi connectivity index (χ4n) is 1.64. The summed E-state index contributed by atoms with van der Waals surface area (Å²) in [6.45, 7) is 0.127. The van der Waals surface area contributed by atoms with E-state index in [0.717, 1.165) is 6.07 Å².